The summed E-state index contributed by atoms with van der Waals surface area (Å²) < 4.78 is 0. The molecule has 2 amide bonds. The molecular formula is C18H15ClN2O2. The number of carbonyl (C=O) groups is 2. The van der Waals surface area contributed by atoms with Crippen LogP contribution in [-0.2, 0) is 16.1 Å². The zero-order valence-corrected chi connectivity index (χ0v) is 13.6. The molecule has 4 nitrogen and oxygen atoms in total. The molecule has 0 atom stereocenters. The molecule has 1 aromatic heterocycles. The van der Waals surface area contributed by atoms with Crippen LogP contribution in [0.4, 0.5) is 0 Å². The summed E-state index contributed by atoms with van der Waals surface area (Å²) in [6.45, 7) is 4.14. The molecule has 0 bridgehead atoms. The molecule has 0 saturated carbocycles. The Hall–Kier alpha value is -2.46. The fourth-order valence-electron chi connectivity index (χ4n) is 2.51. The number of hydrogen-bond donors (Lipinski definition) is 0. The van der Waals surface area contributed by atoms with Gasteiger partial charge in [-0.2, -0.15) is 0 Å². The molecular weight excluding hydrogens is 312 g/mol. The average molecular weight is 327 g/mol. The summed E-state index contributed by atoms with van der Waals surface area (Å²) >= 11 is 6.17. The van der Waals surface area contributed by atoms with Gasteiger partial charge in [-0.05, 0) is 48.2 Å². The first-order valence-electron chi connectivity index (χ1n) is 7.21. The van der Waals surface area contributed by atoms with E-state index in [0.717, 1.165) is 16.7 Å². The van der Waals surface area contributed by atoms with Crippen molar-refractivity contribution in [3.05, 3.63) is 70.0 Å². The van der Waals surface area contributed by atoms with E-state index < -0.39 is 5.91 Å². The van der Waals surface area contributed by atoms with E-state index in [1.54, 1.807) is 24.5 Å². The SMILES string of the molecule is Cc1ccc(C2=C(Cl)C(=O)N(Cc3ccncc3)C2=O)cc1C. The smallest absolute Gasteiger partial charge is 0.269 e. The summed E-state index contributed by atoms with van der Waals surface area (Å²) in [5.41, 5.74) is 3.94. The summed E-state index contributed by atoms with van der Waals surface area (Å²) in [5.74, 6) is -0.818. The fraction of sp³-hybridized carbons (Fsp3) is 0.167. The van der Waals surface area contributed by atoms with Gasteiger partial charge in [0.25, 0.3) is 11.8 Å². The molecule has 23 heavy (non-hydrogen) atoms. The fourth-order valence-corrected chi connectivity index (χ4v) is 2.80. The normalized spacial score (nSPS) is 14.8. The number of halogens is 1. The highest BCUT2D eigenvalue weighted by atomic mass is 35.5. The number of aromatic nitrogens is 1. The minimum absolute atomic E-state index is 0.0210. The van der Waals surface area contributed by atoms with Crippen LogP contribution in [0.3, 0.4) is 0 Å². The molecule has 2 heterocycles. The number of aryl methyl sites for hydroxylation is 2. The monoisotopic (exact) mass is 326 g/mol. The highest BCUT2D eigenvalue weighted by Gasteiger charge is 2.38. The summed E-state index contributed by atoms with van der Waals surface area (Å²) in [6.07, 6.45) is 3.25. The van der Waals surface area contributed by atoms with E-state index in [2.05, 4.69) is 4.98 Å². The third kappa shape index (κ3) is 2.78. The Morgan fingerprint density at radius 2 is 1.70 bits per heavy atom. The molecule has 0 saturated heterocycles. The quantitative estimate of drug-likeness (QED) is 0.814. The van der Waals surface area contributed by atoms with Gasteiger partial charge in [-0.25, -0.2) is 0 Å². The van der Waals surface area contributed by atoms with Crippen molar-refractivity contribution in [3.63, 3.8) is 0 Å². The molecule has 0 N–H and O–H groups in total. The topological polar surface area (TPSA) is 50.3 Å². The van der Waals surface area contributed by atoms with Crippen molar-refractivity contribution in [2.24, 2.45) is 0 Å². The van der Waals surface area contributed by atoms with Gasteiger partial charge in [-0.3, -0.25) is 19.5 Å². The lowest BCUT2D eigenvalue weighted by atomic mass is 10.0. The van der Waals surface area contributed by atoms with Crippen LogP contribution in [0.2, 0.25) is 0 Å². The van der Waals surface area contributed by atoms with E-state index in [1.165, 1.54) is 4.90 Å². The van der Waals surface area contributed by atoms with Crippen molar-refractivity contribution >= 4 is 29.0 Å². The van der Waals surface area contributed by atoms with Gasteiger partial charge in [0.1, 0.15) is 5.03 Å². The minimum atomic E-state index is -0.457. The molecule has 2 aromatic rings. The number of hydrogen-bond acceptors (Lipinski definition) is 3. The van der Waals surface area contributed by atoms with Crippen LogP contribution in [0.5, 0.6) is 0 Å². The molecule has 1 aromatic carbocycles. The first kappa shape index (κ1) is 15.4. The van der Waals surface area contributed by atoms with Crippen molar-refractivity contribution in [3.8, 4) is 0 Å². The van der Waals surface area contributed by atoms with E-state index in [1.807, 2.05) is 32.0 Å². The Labute approximate surface area is 139 Å². The van der Waals surface area contributed by atoms with E-state index in [9.17, 15) is 9.59 Å². The molecule has 1 aliphatic rings. The second-order valence-corrected chi connectivity index (χ2v) is 5.92. The first-order chi connectivity index (χ1) is 11.0. The maximum absolute atomic E-state index is 12.7. The molecule has 0 radical (unpaired) electrons. The van der Waals surface area contributed by atoms with Gasteiger partial charge in [0.15, 0.2) is 0 Å². The van der Waals surface area contributed by atoms with E-state index in [0.29, 0.717) is 5.56 Å². The second kappa shape index (κ2) is 5.97. The van der Waals surface area contributed by atoms with Crippen molar-refractivity contribution < 1.29 is 9.59 Å². The third-order valence-corrected chi connectivity index (χ3v) is 4.35. The van der Waals surface area contributed by atoms with E-state index >= 15 is 0 Å². The highest BCUT2D eigenvalue weighted by Crippen LogP contribution is 2.33. The summed E-state index contributed by atoms with van der Waals surface area (Å²) in [4.78, 5) is 30.1. The Morgan fingerprint density at radius 1 is 1.00 bits per heavy atom. The van der Waals surface area contributed by atoms with Crippen molar-refractivity contribution in [2.75, 3.05) is 0 Å². The zero-order chi connectivity index (χ0) is 16.6. The molecule has 3 rings (SSSR count). The van der Waals surface area contributed by atoms with Crippen LogP contribution in [0.25, 0.3) is 5.57 Å². The standard InChI is InChI=1S/C18H15ClN2O2/c1-11-3-4-14(9-12(11)2)15-16(19)18(23)21(17(15)22)10-13-5-7-20-8-6-13/h3-9H,10H2,1-2H3. The number of nitrogens with zero attached hydrogens (tertiary/aromatic N) is 2. The predicted octanol–water partition coefficient (Wildman–Crippen LogP) is 3.22. The Bertz CT molecular complexity index is 828. The predicted molar refractivity (Wildman–Crippen MR) is 88.5 cm³/mol. The van der Waals surface area contributed by atoms with Crippen LogP contribution in [0.15, 0.2) is 47.8 Å². The molecule has 0 spiro atoms. The van der Waals surface area contributed by atoms with Crippen LogP contribution in [0.1, 0.15) is 22.3 Å². The van der Waals surface area contributed by atoms with Gasteiger partial charge < -0.3 is 0 Å². The molecule has 116 valence electrons. The summed E-state index contributed by atoms with van der Waals surface area (Å²) in [5, 5.41) is -0.0210. The molecule has 5 heteroatoms. The first-order valence-corrected chi connectivity index (χ1v) is 7.59. The number of imide groups is 1. The third-order valence-electron chi connectivity index (χ3n) is 4.00. The van der Waals surface area contributed by atoms with Crippen LogP contribution >= 0.6 is 11.6 Å². The van der Waals surface area contributed by atoms with Crippen LogP contribution in [-0.4, -0.2) is 21.7 Å². The number of rotatable bonds is 3. The minimum Gasteiger partial charge on any atom is -0.269 e. The number of pyridine rings is 1. The van der Waals surface area contributed by atoms with E-state index in [4.69, 9.17) is 11.6 Å². The number of benzene rings is 1. The van der Waals surface area contributed by atoms with Crippen molar-refractivity contribution in [2.45, 2.75) is 20.4 Å². The maximum atomic E-state index is 12.7. The largest absolute Gasteiger partial charge is 0.273 e. The van der Waals surface area contributed by atoms with Gasteiger partial charge in [0.2, 0.25) is 0 Å². The highest BCUT2D eigenvalue weighted by molar-refractivity contribution is 6.55. The van der Waals surface area contributed by atoms with E-state index in [-0.39, 0.29) is 23.1 Å². The lowest BCUT2D eigenvalue weighted by Crippen LogP contribution is -2.30. The molecule has 0 fully saturated rings. The van der Waals surface area contributed by atoms with Crippen molar-refractivity contribution in [1.29, 1.82) is 0 Å². The average Bonchev–Trinajstić information content (AvgIpc) is 2.75. The zero-order valence-electron chi connectivity index (χ0n) is 12.8. The van der Waals surface area contributed by atoms with Crippen molar-refractivity contribution in [1.82, 2.24) is 9.88 Å². The Balaban J connectivity index is 1.94. The lowest BCUT2D eigenvalue weighted by Gasteiger charge is -2.14. The number of amides is 2. The van der Waals surface area contributed by atoms with Crippen LogP contribution in [0, 0.1) is 13.8 Å². The Morgan fingerprint density at radius 3 is 2.35 bits per heavy atom. The van der Waals surface area contributed by atoms with Gasteiger partial charge in [-0.1, -0.05) is 29.8 Å². The molecule has 1 aliphatic heterocycles. The summed E-state index contributed by atoms with van der Waals surface area (Å²) in [6, 6.07) is 9.16. The van der Waals surface area contributed by atoms with Crippen LogP contribution < -0.4 is 0 Å². The van der Waals surface area contributed by atoms with Gasteiger partial charge in [0, 0.05) is 12.4 Å². The van der Waals surface area contributed by atoms with Gasteiger partial charge >= 0.3 is 0 Å². The van der Waals surface area contributed by atoms with Gasteiger partial charge in [-0.15, -0.1) is 0 Å². The second-order valence-electron chi connectivity index (χ2n) is 5.54. The molecule has 0 aliphatic carbocycles. The summed E-state index contributed by atoms with van der Waals surface area (Å²) in [7, 11) is 0. The maximum Gasteiger partial charge on any atom is 0.273 e. The van der Waals surface area contributed by atoms with Gasteiger partial charge in [0.05, 0.1) is 12.1 Å². The molecule has 0 unspecified atom stereocenters. The Kier molecular flexibility index (Phi) is 4.01. The number of carbonyl (C=O) groups excluding carboxylic acids is 2. The lowest BCUT2D eigenvalue weighted by molar-refractivity contribution is -0.137.